The SMILES string of the molecule is CNc1ccnc(-c2ccccc2)n1.Cl. The Morgan fingerprint density at radius 2 is 1.80 bits per heavy atom. The highest BCUT2D eigenvalue weighted by atomic mass is 35.5. The molecule has 0 aliphatic carbocycles. The predicted octanol–water partition coefficient (Wildman–Crippen LogP) is 2.61. The molecule has 2 rings (SSSR count). The van der Waals surface area contributed by atoms with E-state index in [9.17, 15) is 0 Å². The van der Waals surface area contributed by atoms with E-state index in [1.54, 1.807) is 6.20 Å². The Bertz CT molecular complexity index is 417. The van der Waals surface area contributed by atoms with Gasteiger partial charge in [0.05, 0.1) is 0 Å². The van der Waals surface area contributed by atoms with E-state index in [0.29, 0.717) is 0 Å². The third-order valence-corrected chi connectivity index (χ3v) is 1.94. The molecule has 0 spiro atoms. The van der Waals surface area contributed by atoms with Crippen LogP contribution in [0.4, 0.5) is 5.82 Å². The van der Waals surface area contributed by atoms with Crippen molar-refractivity contribution in [3.8, 4) is 11.4 Å². The molecule has 2 aromatic rings. The van der Waals surface area contributed by atoms with Crippen molar-refractivity contribution in [3.63, 3.8) is 0 Å². The van der Waals surface area contributed by atoms with E-state index in [4.69, 9.17) is 0 Å². The molecule has 0 aliphatic heterocycles. The van der Waals surface area contributed by atoms with E-state index >= 15 is 0 Å². The Labute approximate surface area is 95.0 Å². The fourth-order valence-electron chi connectivity index (χ4n) is 1.22. The maximum atomic E-state index is 4.34. The molecule has 1 aromatic heterocycles. The number of nitrogens with one attached hydrogen (secondary N) is 1. The van der Waals surface area contributed by atoms with Gasteiger partial charge in [0.2, 0.25) is 0 Å². The van der Waals surface area contributed by atoms with Gasteiger partial charge in [-0.15, -0.1) is 12.4 Å². The van der Waals surface area contributed by atoms with Crippen LogP contribution in [0.5, 0.6) is 0 Å². The molecule has 1 aromatic carbocycles. The predicted molar refractivity (Wildman–Crippen MR) is 64.3 cm³/mol. The van der Waals surface area contributed by atoms with Crippen LogP contribution in [0.3, 0.4) is 0 Å². The van der Waals surface area contributed by atoms with Crippen LogP contribution in [0.1, 0.15) is 0 Å². The van der Waals surface area contributed by atoms with Crippen LogP contribution >= 0.6 is 12.4 Å². The van der Waals surface area contributed by atoms with Crippen LogP contribution in [0.15, 0.2) is 42.6 Å². The second-order valence-corrected chi connectivity index (χ2v) is 2.88. The Balaban J connectivity index is 0.00000112. The first-order valence-corrected chi connectivity index (χ1v) is 4.46. The quantitative estimate of drug-likeness (QED) is 0.847. The van der Waals surface area contributed by atoms with Gasteiger partial charge in [0, 0.05) is 18.8 Å². The molecule has 4 heteroatoms. The van der Waals surface area contributed by atoms with Crippen molar-refractivity contribution in [3.05, 3.63) is 42.6 Å². The van der Waals surface area contributed by atoms with E-state index in [1.165, 1.54) is 0 Å². The molecule has 1 heterocycles. The average Bonchev–Trinajstić information content (AvgIpc) is 2.30. The molecule has 3 nitrogen and oxygen atoms in total. The maximum Gasteiger partial charge on any atom is 0.161 e. The van der Waals surface area contributed by atoms with Crippen LogP contribution in [-0.4, -0.2) is 17.0 Å². The van der Waals surface area contributed by atoms with Crippen molar-refractivity contribution in [1.29, 1.82) is 0 Å². The largest absolute Gasteiger partial charge is 0.373 e. The standard InChI is InChI=1S/C11H11N3.ClH/c1-12-10-7-8-13-11(14-10)9-5-3-2-4-6-9;/h2-8H,1H3,(H,12,13,14);1H. The first-order valence-electron chi connectivity index (χ1n) is 4.46. The minimum Gasteiger partial charge on any atom is -0.373 e. The molecule has 15 heavy (non-hydrogen) atoms. The van der Waals surface area contributed by atoms with Crippen LogP contribution in [0.2, 0.25) is 0 Å². The van der Waals surface area contributed by atoms with Crippen molar-refractivity contribution in [1.82, 2.24) is 9.97 Å². The van der Waals surface area contributed by atoms with Gasteiger partial charge < -0.3 is 5.32 Å². The minimum absolute atomic E-state index is 0. The zero-order valence-electron chi connectivity index (χ0n) is 8.34. The topological polar surface area (TPSA) is 37.8 Å². The minimum atomic E-state index is 0. The van der Waals surface area contributed by atoms with Crippen LogP contribution < -0.4 is 5.32 Å². The van der Waals surface area contributed by atoms with Gasteiger partial charge in [-0.2, -0.15) is 0 Å². The maximum absolute atomic E-state index is 4.34. The molecule has 0 saturated heterocycles. The zero-order valence-corrected chi connectivity index (χ0v) is 9.16. The Morgan fingerprint density at radius 1 is 1.07 bits per heavy atom. The van der Waals surface area contributed by atoms with Crippen molar-refractivity contribution in [2.45, 2.75) is 0 Å². The number of nitrogens with zero attached hydrogens (tertiary/aromatic N) is 2. The normalized spacial score (nSPS) is 9.13. The Morgan fingerprint density at radius 3 is 2.47 bits per heavy atom. The van der Waals surface area contributed by atoms with E-state index in [1.807, 2.05) is 43.4 Å². The summed E-state index contributed by atoms with van der Waals surface area (Å²) in [5.74, 6) is 1.58. The van der Waals surface area contributed by atoms with Crippen molar-refractivity contribution < 1.29 is 0 Å². The van der Waals surface area contributed by atoms with Gasteiger partial charge in [-0.05, 0) is 6.07 Å². The molecule has 0 aliphatic rings. The molecular formula is C11H12ClN3. The first kappa shape index (κ1) is 11.5. The van der Waals surface area contributed by atoms with Gasteiger partial charge >= 0.3 is 0 Å². The fraction of sp³-hybridized carbons (Fsp3) is 0.0909. The fourth-order valence-corrected chi connectivity index (χ4v) is 1.22. The molecular weight excluding hydrogens is 210 g/mol. The summed E-state index contributed by atoms with van der Waals surface area (Å²) < 4.78 is 0. The molecule has 78 valence electrons. The molecule has 0 atom stereocenters. The lowest BCUT2D eigenvalue weighted by atomic mass is 10.2. The molecule has 1 N–H and O–H groups in total. The highest BCUT2D eigenvalue weighted by Crippen LogP contribution is 2.14. The van der Waals surface area contributed by atoms with Gasteiger partial charge in [-0.1, -0.05) is 30.3 Å². The van der Waals surface area contributed by atoms with Gasteiger partial charge in [0.25, 0.3) is 0 Å². The number of hydrogen-bond acceptors (Lipinski definition) is 3. The molecule has 0 unspecified atom stereocenters. The summed E-state index contributed by atoms with van der Waals surface area (Å²) in [7, 11) is 1.84. The summed E-state index contributed by atoms with van der Waals surface area (Å²) in [5.41, 5.74) is 1.03. The number of aromatic nitrogens is 2. The van der Waals surface area contributed by atoms with Gasteiger partial charge in [-0.25, -0.2) is 9.97 Å². The van der Waals surface area contributed by atoms with Crippen molar-refractivity contribution in [2.75, 3.05) is 12.4 Å². The lowest BCUT2D eigenvalue weighted by molar-refractivity contribution is 1.17. The second kappa shape index (κ2) is 5.32. The molecule has 0 fully saturated rings. The van der Waals surface area contributed by atoms with Crippen LogP contribution in [0, 0.1) is 0 Å². The number of hydrogen-bond donors (Lipinski definition) is 1. The van der Waals surface area contributed by atoms with E-state index in [2.05, 4.69) is 15.3 Å². The molecule has 0 radical (unpaired) electrons. The molecule has 0 saturated carbocycles. The van der Waals surface area contributed by atoms with Crippen molar-refractivity contribution >= 4 is 18.2 Å². The summed E-state index contributed by atoms with van der Waals surface area (Å²) in [6.45, 7) is 0. The van der Waals surface area contributed by atoms with Gasteiger partial charge in [-0.3, -0.25) is 0 Å². The number of benzene rings is 1. The molecule has 0 amide bonds. The Kier molecular flexibility index (Phi) is 4.06. The second-order valence-electron chi connectivity index (χ2n) is 2.88. The summed E-state index contributed by atoms with van der Waals surface area (Å²) in [6.07, 6.45) is 1.75. The summed E-state index contributed by atoms with van der Waals surface area (Å²) in [4.78, 5) is 8.55. The summed E-state index contributed by atoms with van der Waals surface area (Å²) in [6, 6.07) is 11.8. The van der Waals surface area contributed by atoms with E-state index < -0.39 is 0 Å². The summed E-state index contributed by atoms with van der Waals surface area (Å²) in [5, 5.41) is 2.99. The van der Waals surface area contributed by atoms with E-state index in [-0.39, 0.29) is 12.4 Å². The third kappa shape index (κ3) is 2.67. The monoisotopic (exact) mass is 221 g/mol. The highest BCUT2D eigenvalue weighted by molar-refractivity contribution is 5.85. The number of rotatable bonds is 2. The third-order valence-electron chi connectivity index (χ3n) is 1.94. The van der Waals surface area contributed by atoms with Crippen molar-refractivity contribution in [2.24, 2.45) is 0 Å². The number of anilines is 1. The van der Waals surface area contributed by atoms with Crippen LogP contribution in [0.25, 0.3) is 11.4 Å². The highest BCUT2D eigenvalue weighted by Gasteiger charge is 1.99. The molecule has 0 bridgehead atoms. The van der Waals surface area contributed by atoms with Crippen LogP contribution in [-0.2, 0) is 0 Å². The number of halogens is 1. The lowest BCUT2D eigenvalue weighted by Crippen LogP contribution is -1.95. The summed E-state index contributed by atoms with van der Waals surface area (Å²) >= 11 is 0. The zero-order chi connectivity index (χ0) is 9.80. The van der Waals surface area contributed by atoms with Gasteiger partial charge in [0.1, 0.15) is 5.82 Å². The average molecular weight is 222 g/mol. The van der Waals surface area contributed by atoms with E-state index in [0.717, 1.165) is 17.2 Å². The first-order chi connectivity index (χ1) is 6.90. The Hall–Kier alpha value is -1.61. The smallest absolute Gasteiger partial charge is 0.161 e. The van der Waals surface area contributed by atoms with Gasteiger partial charge in [0.15, 0.2) is 5.82 Å². The lowest BCUT2D eigenvalue weighted by Gasteiger charge is -2.02.